The number of hydrogen-bond donors (Lipinski definition) is 4. The molecule has 0 aliphatic carbocycles. The lowest BCUT2D eigenvalue weighted by molar-refractivity contribution is -0.137. The molecule has 164 valence electrons. The molecule has 9 nitrogen and oxygen atoms in total. The summed E-state index contributed by atoms with van der Waals surface area (Å²) in [6, 6.07) is 1.36. The minimum atomic E-state index is -4.64. The Bertz CT molecular complexity index is 1070. The highest BCUT2D eigenvalue weighted by molar-refractivity contribution is 6.03. The van der Waals surface area contributed by atoms with E-state index in [0.717, 1.165) is 25.6 Å². The lowest BCUT2D eigenvalue weighted by atomic mass is 10.1. The molecule has 31 heavy (non-hydrogen) atoms. The third-order valence-electron chi connectivity index (χ3n) is 4.89. The number of nitrogens with zero attached hydrogens (tertiary/aromatic N) is 4. The van der Waals surface area contributed by atoms with E-state index in [1.165, 1.54) is 23.1 Å². The van der Waals surface area contributed by atoms with E-state index in [1.54, 1.807) is 13.2 Å². The first-order valence-corrected chi connectivity index (χ1v) is 9.70. The number of alkyl halides is 3. The van der Waals surface area contributed by atoms with Gasteiger partial charge in [0.05, 0.1) is 17.6 Å². The summed E-state index contributed by atoms with van der Waals surface area (Å²) in [6.45, 7) is 1.59. The van der Waals surface area contributed by atoms with Crippen LogP contribution in [-0.2, 0) is 13.2 Å². The Hall–Kier alpha value is -3.41. The highest BCUT2D eigenvalue weighted by atomic mass is 19.4. The zero-order valence-electron chi connectivity index (χ0n) is 16.6. The number of piperidine rings is 1. The SMILES string of the molecule is Cn1cc(NC(=O)c2cc(-c3nc(NC4CCCNC4)ncc3C(F)(F)F)c[nH]2)cn1. The Morgan fingerprint density at radius 3 is 2.84 bits per heavy atom. The van der Waals surface area contributed by atoms with E-state index in [-0.39, 0.29) is 28.9 Å². The molecule has 1 amide bonds. The van der Waals surface area contributed by atoms with Crippen LogP contribution in [0.25, 0.3) is 11.3 Å². The van der Waals surface area contributed by atoms with Crippen molar-refractivity contribution >= 4 is 17.5 Å². The van der Waals surface area contributed by atoms with E-state index in [4.69, 9.17) is 0 Å². The van der Waals surface area contributed by atoms with Gasteiger partial charge in [0.25, 0.3) is 5.91 Å². The zero-order valence-corrected chi connectivity index (χ0v) is 16.6. The number of H-pyrrole nitrogens is 1. The molecule has 3 aromatic rings. The Morgan fingerprint density at radius 1 is 1.32 bits per heavy atom. The van der Waals surface area contributed by atoms with E-state index in [0.29, 0.717) is 12.2 Å². The van der Waals surface area contributed by atoms with E-state index >= 15 is 0 Å². The van der Waals surface area contributed by atoms with Crippen LogP contribution in [0.3, 0.4) is 0 Å². The number of amides is 1. The fraction of sp³-hybridized carbons (Fsp3) is 0.368. The number of nitrogens with one attached hydrogen (secondary N) is 4. The van der Waals surface area contributed by atoms with Crippen molar-refractivity contribution in [1.82, 2.24) is 30.0 Å². The molecule has 12 heteroatoms. The Morgan fingerprint density at radius 2 is 2.16 bits per heavy atom. The summed E-state index contributed by atoms with van der Waals surface area (Å²) in [5, 5.41) is 12.9. The molecule has 4 N–H and O–H groups in total. The molecule has 1 fully saturated rings. The lowest BCUT2D eigenvalue weighted by Gasteiger charge is -2.24. The lowest BCUT2D eigenvalue weighted by Crippen LogP contribution is -2.38. The number of hydrogen-bond acceptors (Lipinski definition) is 6. The van der Waals surface area contributed by atoms with Crippen LogP contribution in [0.4, 0.5) is 24.8 Å². The van der Waals surface area contributed by atoms with Crippen molar-refractivity contribution in [2.24, 2.45) is 7.05 Å². The van der Waals surface area contributed by atoms with Crippen LogP contribution >= 0.6 is 0 Å². The van der Waals surface area contributed by atoms with Crippen molar-refractivity contribution in [2.45, 2.75) is 25.1 Å². The average molecular weight is 434 g/mol. The molecule has 1 unspecified atom stereocenters. The third kappa shape index (κ3) is 4.85. The van der Waals surface area contributed by atoms with Gasteiger partial charge in [-0.1, -0.05) is 0 Å². The van der Waals surface area contributed by atoms with Crippen LogP contribution in [0.2, 0.25) is 0 Å². The van der Waals surface area contributed by atoms with Gasteiger partial charge in [-0.2, -0.15) is 18.3 Å². The summed E-state index contributed by atoms with van der Waals surface area (Å²) < 4.78 is 42.2. The number of carbonyl (C=O) groups excluding carboxylic acids is 1. The maximum absolute atomic E-state index is 13.6. The number of rotatable bonds is 5. The molecule has 1 atom stereocenters. The molecule has 0 saturated carbocycles. The van der Waals surface area contributed by atoms with E-state index in [2.05, 4.69) is 36.0 Å². The van der Waals surface area contributed by atoms with Crippen molar-refractivity contribution in [1.29, 1.82) is 0 Å². The Kier molecular flexibility index (Phi) is 5.63. The normalized spacial score (nSPS) is 16.8. The van der Waals surface area contributed by atoms with Crippen molar-refractivity contribution in [3.8, 4) is 11.3 Å². The van der Waals surface area contributed by atoms with Gasteiger partial charge in [-0.15, -0.1) is 0 Å². The standard InChI is InChI=1S/C19H21F3N8O/c1-30-10-13(8-26-30)27-17(31)15-5-11(6-24-15)16-14(19(20,21)22)9-25-18(29-16)28-12-3-2-4-23-7-12/h5-6,8-10,12,23-24H,2-4,7H2,1H3,(H,27,31)(H,25,28,29). The predicted molar refractivity (Wildman–Crippen MR) is 107 cm³/mol. The average Bonchev–Trinajstić information content (AvgIpc) is 3.37. The Balaban J connectivity index is 1.60. The molecule has 1 aliphatic heterocycles. The minimum absolute atomic E-state index is 0.0328. The molecule has 0 aromatic carbocycles. The first-order valence-electron chi connectivity index (χ1n) is 9.70. The van der Waals surface area contributed by atoms with Crippen LogP contribution < -0.4 is 16.0 Å². The van der Waals surface area contributed by atoms with Crippen molar-refractivity contribution in [2.75, 3.05) is 23.7 Å². The van der Waals surface area contributed by atoms with Gasteiger partial charge in [-0.25, -0.2) is 9.97 Å². The zero-order chi connectivity index (χ0) is 22.0. The molecule has 1 saturated heterocycles. The second-order valence-electron chi connectivity index (χ2n) is 7.30. The fourth-order valence-corrected chi connectivity index (χ4v) is 3.38. The second-order valence-corrected chi connectivity index (χ2v) is 7.30. The summed E-state index contributed by atoms with van der Waals surface area (Å²) >= 11 is 0. The number of halogens is 3. The van der Waals surface area contributed by atoms with E-state index < -0.39 is 17.6 Å². The molecule has 0 bridgehead atoms. The highest BCUT2D eigenvalue weighted by Gasteiger charge is 2.36. The first kappa shape index (κ1) is 20.8. The summed E-state index contributed by atoms with van der Waals surface area (Å²) in [6.07, 6.45) is 2.34. The predicted octanol–water partition coefficient (Wildman–Crippen LogP) is 2.64. The summed E-state index contributed by atoms with van der Waals surface area (Å²) in [5.74, 6) is -0.396. The molecule has 0 spiro atoms. The van der Waals surface area contributed by atoms with Crippen LogP contribution in [0.1, 0.15) is 28.9 Å². The quantitative estimate of drug-likeness (QED) is 0.491. The van der Waals surface area contributed by atoms with Gasteiger partial charge in [0, 0.05) is 43.8 Å². The van der Waals surface area contributed by atoms with E-state index in [1.807, 2.05) is 0 Å². The van der Waals surface area contributed by atoms with Gasteiger partial charge in [0.1, 0.15) is 11.3 Å². The maximum atomic E-state index is 13.6. The van der Waals surface area contributed by atoms with Gasteiger partial charge in [0.15, 0.2) is 0 Å². The van der Waals surface area contributed by atoms with Crippen LogP contribution in [0.5, 0.6) is 0 Å². The van der Waals surface area contributed by atoms with Crippen molar-refractivity contribution in [3.63, 3.8) is 0 Å². The second kappa shape index (κ2) is 8.38. The molecule has 3 aromatic heterocycles. The minimum Gasteiger partial charge on any atom is -0.357 e. The summed E-state index contributed by atoms with van der Waals surface area (Å²) in [4.78, 5) is 23.1. The van der Waals surface area contributed by atoms with Crippen molar-refractivity contribution < 1.29 is 18.0 Å². The molecule has 0 radical (unpaired) electrons. The first-order chi connectivity index (χ1) is 14.8. The monoisotopic (exact) mass is 434 g/mol. The van der Waals surface area contributed by atoms with Crippen LogP contribution in [0, 0.1) is 0 Å². The highest BCUT2D eigenvalue weighted by Crippen LogP contribution is 2.36. The van der Waals surface area contributed by atoms with Gasteiger partial charge in [-0.05, 0) is 25.5 Å². The number of aryl methyl sites for hydroxylation is 1. The molecule has 4 heterocycles. The van der Waals surface area contributed by atoms with Crippen LogP contribution in [-0.4, -0.2) is 49.8 Å². The Labute approximate surface area is 175 Å². The van der Waals surface area contributed by atoms with Gasteiger partial charge in [-0.3, -0.25) is 9.48 Å². The molecule has 4 rings (SSSR count). The van der Waals surface area contributed by atoms with E-state index in [9.17, 15) is 18.0 Å². The van der Waals surface area contributed by atoms with Gasteiger partial charge < -0.3 is 20.9 Å². The van der Waals surface area contributed by atoms with Gasteiger partial charge >= 0.3 is 6.18 Å². The fourth-order valence-electron chi connectivity index (χ4n) is 3.38. The largest absolute Gasteiger partial charge is 0.419 e. The van der Waals surface area contributed by atoms with Crippen LogP contribution in [0.15, 0.2) is 30.9 Å². The maximum Gasteiger partial charge on any atom is 0.419 e. The molecular formula is C19H21F3N8O. The third-order valence-corrected chi connectivity index (χ3v) is 4.89. The molecular weight excluding hydrogens is 413 g/mol. The van der Waals surface area contributed by atoms with Gasteiger partial charge in [0.2, 0.25) is 5.95 Å². The smallest absolute Gasteiger partial charge is 0.357 e. The number of anilines is 2. The number of carbonyl (C=O) groups is 1. The molecule has 1 aliphatic rings. The number of aromatic nitrogens is 5. The number of aromatic amines is 1. The summed E-state index contributed by atoms with van der Waals surface area (Å²) in [5.41, 5.74) is -0.579. The summed E-state index contributed by atoms with van der Waals surface area (Å²) in [7, 11) is 1.70. The van der Waals surface area contributed by atoms with Crippen molar-refractivity contribution in [3.05, 3.63) is 42.1 Å². The topological polar surface area (TPSA) is 113 Å².